The van der Waals surface area contributed by atoms with Gasteiger partial charge in [-0.3, -0.25) is 4.99 Å². The van der Waals surface area contributed by atoms with Crippen LogP contribution in [0.3, 0.4) is 0 Å². The monoisotopic (exact) mass is 372 g/mol. The maximum Gasteiger partial charge on any atom is 0.191 e. The lowest BCUT2D eigenvalue weighted by Gasteiger charge is -2.21. The average Bonchev–Trinajstić information content (AvgIpc) is 3.30. The summed E-state index contributed by atoms with van der Waals surface area (Å²) in [6.45, 7) is 7.42. The molecule has 1 unspecified atom stereocenters. The van der Waals surface area contributed by atoms with Crippen LogP contribution in [0.15, 0.2) is 40.7 Å². The van der Waals surface area contributed by atoms with Crippen molar-refractivity contribution in [2.45, 2.75) is 38.7 Å². The van der Waals surface area contributed by atoms with Crippen LogP contribution in [0.4, 0.5) is 0 Å². The van der Waals surface area contributed by atoms with E-state index in [0.29, 0.717) is 6.54 Å². The van der Waals surface area contributed by atoms with Crippen molar-refractivity contribution in [1.29, 1.82) is 0 Å². The second kappa shape index (κ2) is 9.14. The Balaban J connectivity index is 1.51. The number of rotatable bonds is 7. The topological polar surface area (TPSA) is 58.5 Å². The minimum atomic E-state index is -0.109. The second-order valence-electron chi connectivity index (χ2n) is 6.78. The van der Waals surface area contributed by atoms with Crippen LogP contribution in [0, 0.1) is 0 Å². The SMILES string of the molecule is CCNC(=NCC1(C)CCCO1)NCCc1csc(-c2ccccc2)n1. The van der Waals surface area contributed by atoms with Crippen molar-refractivity contribution in [3.8, 4) is 10.6 Å². The Morgan fingerprint density at radius 1 is 1.31 bits per heavy atom. The van der Waals surface area contributed by atoms with E-state index in [2.05, 4.69) is 42.0 Å². The number of hydrogen-bond donors (Lipinski definition) is 2. The lowest BCUT2D eigenvalue weighted by atomic mass is 10.0. The molecule has 1 aliphatic heterocycles. The highest BCUT2D eigenvalue weighted by atomic mass is 32.1. The molecule has 0 saturated carbocycles. The van der Waals surface area contributed by atoms with E-state index < -0.39 is 0 Å². The number of hydrogen-bond acceptors (Lipinski definition) is 4. The van der Waals surface area contributed by atoms with E-state index in [4.69, 9.17) is 14.7 Å². The number of thiazole rings is 1. The maximum absolute atomic E-state index is 5.82. The van der Waals surface area contributed by atoms with Crippen LogP contribution in [0.25, 0.3) is 10.6 Å². The molecular weight excluding hydrogens is 344 g/mol. The molecule has 1 atom stereocenters. The Morgan fingerprint density at radius 3 is 2.88 bits per heavy atom. The van der Waals surface area contributed by atoms with Crippen molar-refractivity contribution in [2.75, 3.05) is 26.2 Å². The first-order chi connectivity index (χ1) is 12.7. The summed E-state index contributed by atoms with van der Waals surface area (Å²) in [5, 5.41) is 9.93. The van der Waals surface area contributed by atoms with Gasteiger partial charge >= 0.3 is 0 Å². The van der Waals surface area contributed by atoms with Gasteiger partial charge in [0, 0.05) is 37.1 Å². The van der Waals surface area contributed by atoms with Gasteiger partial charge in [-0.05, 0) is 26.7 Å². The van der Waals surface area contributed by atoms with Crippen molar-refractivity contribution in [3.63, 3.8) is 0 Å². The Bertz CT molecular complexity index is 708. The van der Waals surface area contributed by atoms with Gasteiger partial charge in [0.25, 0.3) is 0 Å². The standard InChI is InChI=1S/C20H28N4OS/c1-3-21-19(23-15-20(2)11-7-13-25-20)22-12-10-17-14-26-18(24-17)16-8-5-4-6-9-16/h4-6,8-9,14H,3,7,10-13,15H2,1-2H3,(H2,21,22,23). The molecule has 1 aliphatic rings. The zero-order valence-corrected chi connectivity index (χ0v) is 16.4. The van der Waals surface area contributed by atoms with Crippen LogP contribution in [0.5, 0.6) is 0 Å². The van der Waals surface area contributed by atoms with Gasteiger partial charge < -0.3 is 15.4 Å². The Hall–Kier alpha value is -1.92. The van der Waals surface area contributed by atoms with Crippen molar-refractivity contribution in [1.82, 2.24) is 15.6 Å². The predicted octanol–water partition coefficient (Wildman–Crippen LogP) is 3.48. The third-order valence-electron chi connectivity index (χ3n) is 4.46. The molecule has 0 bridgehead atoms. The molecule has 3 rings (SSSR count). The highest BCUT2D eigenvalue weighted by molar-refractivity contribution is 7.13. The van der Waals surface area contributed by atoms with E-state index in [0.717, 1.165) is 55.6 Å². The van der Waals surface area contributed by atoms with Crippen LogP contribution in [0.1, 0.15) is 32.4 Å². The largest absolute Gasteiger partial charge is 0.373 e. The Labute approximate surface area is 159 Å². The molecular formula is C20H28N4OS. The van der Waals surface area contributed by atoms with Crippen LogP contribution in [-0.2, 0) is 11.2 Å². The molecule has 26 heavy (non-hydrogen) atoms. The Morgan fingerprint density at radius 2 is 2.15 bits per heavy atom. The van der Waals surface area contributed by atoms with E-state index in [1.54, 1.807) is 11.3 Å². The number of ether oxygens (including phenoxy) is 1. The molecule has 1 aromatic heterocycles. The summed E-state index contributed by atoms with van der Waals surface area (Å²) in [6, 6.07) is 10.3. The van der Waals surface area contributed by atoms with Gasteiger partial charge in [0.15, 0.2) is 5.96 Å². The third kappa shape index (κ3) is 5.29. The molecule has 2 heterocycles. The summed E-state index contributed by atoms with van der Waals surface area (Å²) < 4.78 is 5.82. The number of aromatic nitrogens is 1. The molecule has 1 fully saturated rings. The number of guanidine groups is 1. The van der Waals surface area contributed by atoms with Crippen LogP contribution in [-0.4, -0.2) is 42.8 Å². The first-order valence-electron chi connectivity index (χ1n) is 9.34. The van der Waals surface area contributed by atoms with E-state index in [9.17, 15) is 0 Å². The predicted molar refractivity (Wildman–Crippen MR) is 109 cm³/mol. The van der Waals surface area contributed by atoms with Crippen molar-refractivity contribution in [2.24, 2.45) is 4.99 Å². The van der Waals surface area contributed by atoms with E-state index in [-0.39, 0.29) is 5.60 Å². The van der Waals surface area contributed by atoms with Crippen LogP contribution in [0.2, 0.25) is 0 Å². The normalized spacial score (nSPS) is 20.3. The van der Waals surface area contributed by atoms with E-state index in [1.807, 2.05) is 18.2 Å². The third-order valence-corrected chi connectivity index (χ3v) is 5.40. The quantitative estimate of drug-likeness (QED) is 0.577. The zero-order chi connectivity index (χ0) is 18.2. The molecule has 5 nitrogen and oxygen atoms in total. The molecule has 140 valence electrons. The van der Waals surface area contributed by atoms with E-state index >= 15 is 0 Å². The molecule has 0 amide bonds. The van der Waals surface area contributed by atoms with Gasteiger partial charge in [0.2, 0.25) is 0 Å². The smallest absolute Gasteiger partial charge is 0.191 e. The summed E-state index contributed by atoms with van der Waals surface area (Å²) in [4.78, 5) is 9.44. The summed E-state index contributed by atoms with van der Waals surface area (Å²) in [6.07, 6.45) is 3.09. The summed E-state index contributed by atoms with van der Waals surface area (Å²) in [5.41, 5.74) is 2.18. The molecule has 0 spiro atoms. The van der Waals surface area contributed by atoms with Gasteiger partial charge in [0.05, 0.1) is 17.8 Å². The van der Waals surface area contributed by atoms with Crippen LogP contribution < -0.4 is 10.6 Å². The summed E-state index contributed by atoms with van der Waals surface area (Å²) in [5.74, 6) is 0.850. The minimum Gasteiger partial charge on any atom is -0.373 e. The maximum atomic E-state index is 5.82. The summed E-state index contributed by atoms with van der Waals surface area (Å²) in [7, 11) is 0. The fourth-order valence-electron chi connectivity index (χ4n) is 2.99. The van der Waals surface area contributed by atoms with Crippen molar-refractivity contribution < 1.29 is 4.74 Å². The number of benzene rings is 1. The minimum absolute atomic E-state index is 0.109. The first kappa shape index (κ1) is 18.9. The Kier molecular flexibility index (Phi) is 6.63. The fraction of sp³-hybridized carbons (Fsp3) is 0.500. The van der Waals surface area contributed by atoms with Gasteiger partial charge in [-0.2, -0.15) is 0 Å². The molecule has 6 heteroatoms. The van der Waals surface area contributed by atoms with Gasteiger partial charge in [0.1, 0.15) is 5.01 Å². The molecule has 2 N–H and O–H groups in total. The molecule has 1 saturated heterocycles. The highest BCUT2D eigenvalue weighted by Crippen LogP contribution is 2.25. The van der Waals surface area contributed by atoms with Gasteiger partial charge in [-0.15, -0.1) is 11.3 Å². The zero-order valence-electron chi connectivity index (χ0n) is 15.6. The van der Waals surface area contributed by atoms with Gasteiger partial charge in [-0.25, -0.2) is 4.98 Å². The number of nitrogens with zero attached hydrogens (tertiary/aromatic N) is 2. The molecule has 0 radical (unpaired) electrons. The van der Waals surface area contributed by atoms with Crippen molar-refractivity contribution >= 4 is 17.3 Å². The van der Waals surface area contributed by atoms with Crippen molar-refractivity contribution in [3.05, 3.63) is 41.4 Å². The average molecular weight is 373 g/mol. The molecule has 2 aromatic rings. The summed E-state index contributed by atoms with van der Waals surface area (Å²) >= 11 is 1.70. The lowest BCUT2D eigenvalue weighted by Crippen LogP contribution is -2.40. The molecule has 1 aromatic carbocycles. The van der Waals surface area contributed by atoms with E-state index in [1.165, 1.54) is 5.56 Å². The second-order valence-corrected chi connectivity index (χ2v) is 7.64. The van der Waals surface area contributed by atoms with Crippen LogP contribution >= 0.6 is 11.3 Å². The highest BCUT2D eigenvalue weighted by Gasteiger charge is 2.29. The van der Waals surface area contributed by atoms with Gasteiger partial charge in [-0.1, -0.05) is 30.3 Å². The lowest BCUT2D eigenvalue weighted by molar-refractivity contribution is 0.0283. The number of aliphatic imine (C=N–C) groups is 1. The fourth-order valence-corrected chi connectivity index (χ4v) is 3.85. The number of nitrogens with one attached hydrogen (secondary N) is 2. The first-order valence-corrected chi connectivity index (χ1v) is 10.2. The molecule has 0 aliphatic carbocycles.